The lowest BCUT2D eigenvalue weighted by Gasteiger charge is -2.29. The van der Waals surface area contributed by atoms with Crippen LogP contribution in [0.2, 0.25) is 0 Å². The first-order chi connectivity index (χ1) is 7.09. The van der Waals surface area contributed by atoms with Crippen LogP contribution in [0.15, 0.2) is 0 Å². The average molecular weight is 216 g/mol. The fourth-order valence-corrected chi connectivity index (χ4v) is 1.76. The van der Waals surface area contributed by atoms with Gasteiger partial charge in [0, 0.05) is 0 Å². The number of carboxylic acids is 1. The van der Waals surface area contributed by atoms with Crippen LogP contribution in [0.3, 0.4) is 0 Å². The van der Waals surface area contributed by atoms with Crippen LogP contribution < -0.4 is 5.73 Å². The zero-order valence-corrected chi connectivity index (χ0v) is 10.1. The minimum Gasteiger partial charge on any atom is -0.480 e. The molecule has 1 fully saturated rings. The topological polar surface area (TPSA) is 66.6 Å². The van der Waals surface area contributed by atoms with E-state index in [1.165, 1.54) is 0 Å². The molecule has 3 N–H and O–H groups in total. The molecule has 1 rings (SSSR count). The molecule has 0 aromatic heterocycles. The van der Waals surface area contributed by atoms with Gasteiger partial charge in [-0.15, -0.1) is 0 Å². The first-order valence-corrected chi connectivity index (χ1v) is 5.76. The van der Waals surface area contributed by atoms with E-state index in [0.29, 0.717) is 12.3 Å². The van der Waals surface area contributed by atoms with Gasteiger partial charge in [0.25, 0.3) is 0 Å². The lowest BCUT2D eigenvalue weighted by molar-refractivity contribution is -0.139. The molecule has 1 aliphatic heterocycles. The third-order valence-corrected chi connectivity index (χ3v) is 2.74. The summed E-state index contributed by atoms with van der Waals surface area (Å²) in [7, 11) is 2.09. The summed E-state index contributed by atoms with van der Waals surface area (Å²) in [6.07, 6.45) is 2.79. The summed E-state index contributed by atoms with van der Waals surface area (Å²) in [4.78, 5) is 12.8. The molecule has 15 heavy (non-hydrogen) atoms. The van der Waals surface area contributed by atoms with Gasteiger partial charge < -0.3 is 15.7 Å². The first kappa shape index (κ1) is 14.4. The summed E-state index contributed by atoms with van der Waals surface area (Å²) >= 11 is 0. The summed E-state index contributed by atoms with van der Waals surface area (Å²) in [5, 5.41) is 8.63. The molecular weight excluding hydrogens is 192 g/mol. The van der Waals surface area contributed by atoms with Crippen LogP contribution in [0.25, 0.3) is 0 Å². The molecule has 0 aromatic carbocycles. The van der Waals surface area contributed by atoms with Crippen LogP contribution in [0.5, 0.6) is 0 Å². The molecule has 0 bridgehead atoms. The van der Waals surface area contributed by atoms with Gasteiger partial charge in [-0.2, -0.15) is 0 Å². The van der Waals surface area contributed by atoms with Gasteiger partial charge in [-0.05, 0) is 45.3 Å². The SMILES string of the molecule is CC.CN1CCC(CC(N)C(=O)O)CC1. The first-order valence-electron chi connectivity index (χ1n) is 5.76. The summed E-state index contributed by atoms with van der Waals surface area (Å²) < 4.78 is 0. The second-order valence-electron chi connectivity index (χ2n) is 3.93. The van der Waals surface area contributed by atoms with E-state index in [4.69, 9.17) is 10.8 Å². The molecule has 0 saturated carbocycles. The molecule has 0 amide bonds. The zero-order chi connectivity index (χ0) is 11.8. The highest BCUT2D eigenvalue weighted by Crippen LogP contribution is 2.20. The quantitative estimate of drug-likeness (QED) is 0.743. The average Bonchev–Trinajstić information content (AvgIpc) is 2.24. The minimum atomic E-state index is -0.876. The van der Waals surface area contributed by atoms with Crippen molar-refractivity contribution in [2.45, 2.75) is 39.2 Å². The maximum Gasteiger partial charge on any atom is 0.320 e. The minimum absolute atomic E-state index is 0.502. The Hall–Kier alpha value is -0.610. The Labute approximate surface area is 92.4 Å². The zero-order valence-electron chi connectivity index (χ0n) is 10.1. The molecule has 0 spiro atoms. The van der Waals surface area contributed by atoms with Crippen molar-refractivity contribution in [3.63, 3.8) is 0 Å². The summed E-state index contributed by atoms with van der Waals surface area (Å²) in [5.74, 6) is -0.374. The summed E-state index contributed by atoms with van der Waals surface area (Å²) in [5.41, 5.74) is 5.47. The molecule has 1 atom stereocenters. The highest BCUT2D eigenvalue weighted by molar-refractivity contribution is 5.73. The van der Waals surface area contributed by atoms with Gasteiger partial charge in [0.15, 0.2) is 0 Å². The maximum atomic E-state index is 10.5. The molecule has 0 aromatic rings. The lowest BCUT2D eigenvalue weighted by Crippen LogP contribution is -2.36. The van der Waals surface area contributed by atoms with Gasteiger partial charge in [0.05, 0.1) is 0 Å². The van der Waals surface area contributed by atoms with Crippen LogP contribution in [-0.2, 0) is 4.79 Å². The Morgan fingerprint density at radius 3 is 2.33 bits per heavy atom. The normalized spacial score (nSPS) is 20.3. The number of aliphatic carboxylic acids is 1. The van der Waals surface area contributed by atoms with Crippen LogP contribution in [0, 0.1) is 5.92 Å². The second kappa shape index (κ2) is 7.65. The number of rotatable bonds is 3. The van der Waals surface area contributed by atoms with Gasteiger partial charge >= 0.3 is 5.97 Å². The fourth-order valence-electron chi connectivity index (χ4n) is 1.76. The van der Waals surface area contributed by atoms with Crippen LogP contribution in [0.1, 0.15) is 33.1 Å². The van der Waals surface area contributed by atoms with E-state index in [0.717, 1.165) is 25.9 Å². The predicted octanol–water partition coefficient (Wildman–Crippen LogP) is 1.16. The van der Waals surface area contributed by atoms with Gasteiger partial charge in [0.1, 0.15) is 6.04 Å². The summed E-state index contributed by atoms with van der Waals surface area (Å²) in [6, 6.07) is -0.673. The highest BCUT2D eigenvalue weighted by Gasteiger charge is 2.21. The van der Waals surface area contributed by atoms with Crippen molar-refractivity contribution < 1.29 is 9.90 Å². The van der Waals surface area contributed by atoms with Crippen molar-refractivity contribution in [2.75, 3.05) is 20.1 Å². The van der Waals surface area contributed by atoms with E-state index in [1.807, 2.05) is 13.8 Å². The molecule has 90 valence electrons. The Kier molecular flexibility index (Phi) is 7.34. The number of likely N-dealkylation sites (tertiary alicyclic amines) is 1. The Morgan fingerprint density at radius 1 is 1.47 bits per heavy atom. The van der Waals surface area contributed by atoms with E-state index in [2.05, 4.69) is 11.9 Å². The van der Waals surface area contributed by atoms with Gasteiger partial charge in [0.2, 0.25) is 0 Å². The van der Waals surface area contributed by atoms with E-state index in [-0.39, 0.29) is 0 Å². The number of nitrogens with two attached hydrogens (primary N) is 1. The number of hydrogen-bond acceptors (Lipinski definition) is 3. The van der Waals surface area contributed by atoms with E-state index in [9.17, 15) is 4.79 Å². The van der Waals surface area contributed by atoms with Crippen molar-refractivity contribution in [3.8, 4) is 0 Å². The number of hydrogen-bond donors (Lipinski definition) is 2. The van der Waals surface area contributed by atoms with Crippen molar-refractivity contribution >= 4 is 5.97 Å². The molecule has 1 unspecified atom stereocenters. The van der Waals surface area contributed by atoms with Crippen molar-refractivity contribution in [1.82, 2.24) is 4.90 Å². The lowest BCUT2D eigenvalue weighted by atomic mass is 9.91. The van der Waals surface area contributed by atoms with Gasteiger partial charge in [-0.1, -0.05) is 13.8 Å². The van der Waals surface area contributed by atoms with Crippen LogP contribution in [0.4, 0.5) is 0 Å². The standard InChI is InChI=1S/C9H18N2O2.C2H6/c1-11-4-2-7(3-5-11)6-8(10)9(12)13;1-2/h7-8H,2-6,10H2,1H3,(H,12,13);1-2H3. The highest BCUT2D eigenvalue weighted by atomic mass is 16.4. The predicted molar refractivity (Wildman–Crippen MR) is 61.8 cm³/mol. The number of carbonyl (C=O) groups is 1. The maximum absolute atomic E-state index is 10.5. The number of carboxylic acid groups (broad SMARTS) is 1. The molecule has 1 saturated heterocycles. The van der Waals surface area contributed by atoms with Crippen LogP contribution in [-0.4, -0.2) is 42.2 Å². The van der Waals surface area contributed by atoms with Crippen molar-refractivity contribution in [1.29, 1.82) is 0 Å². The number of nitrogens with zero attached hydrogens (tertiary/aromatic N) is 1. The van der Waals surface area contributed by atoms with E-state index < -0.39 is 12.0 Å². The van der Waals surface area contributed by atoms with Gasteiger partial charge in [-0.3, -0.25) is 4.79 Å². The fraction of sp³-hybridized carbons (Fsp3) is 0.909. The molecule has 4 heteroatoms. The van der Waals surface area contributed by atoms with Crippen molar-refractivity contribution in [3.05, 3.63) is 0 Å². The van der Waals surface area contributed by atoms with E-state index in [1.54, 1.807) is 0 Å². The molecule has 4 nitrogen and oxygen atoms in total. The van der Waals surface area contributed by atoms with Crippen molar-refractivity contribution in [2.24, 2.45) is 11.7 Å². The second-order valence-corrected chi connectivity index (χ2v) is 3.93. The molecule has 0 aliphatic carbocycles. The van der Waals surface area contributed by atoms with E-state index >= 15 is 0 Å². The summed E-state index contributed by atoms with van der Waals surface area (Å²) in [6.45, 7) is 6.13. The number of piperidine rings is 1. The molecule has 0 radical (unpaired) electrons. The van der Waals surface area contributed by atoms with Crippen LogP contribution >= 0.6 is 0 Å². The van der Waals surface area contributed by atoms with Gasteiger partial charge in [-0.25, -0.2) is 0 Å². The smallest absolute Gasteiger partial charge is 0.320 e. The largest absolute Gasteiger partial charge is 0.480 e. The third kappa shape index (κ3) is 5.74. The third-order valence-electron chi connectivity index (χ3n) is 2.74. The monoisotopic (exact) mass is 216 g/mol. The molecule has 1 aliphatic rings. The Balaban J connectivity index is 0.000000921. The Morgan fingerprint density at radius 2 is 1.93 bits per heavy atom. The molecule has 1 heterocycles. The molecular formula is C11H24N2O2. The Bertz CT molecular complexity index is 177.